The van der Waals surface area contributed by atoms with Crippen LogP contribution in [0.2, 0.25) is 0 Å². The van der Waals surface area contributed by atoms with Crippen LogP contribution in [0.25, 0.3) is 0 Å². The van der Waals surface area contributed by atoms with Crippen LogP contribution in [0.5, 0.6) is 5.75 Å². The largest absolute Gasteiger partial charge is 0.497 e. The Morgan fingerprint density at radius 2 is 1.83 bits per heavy atom. The monoisotopic (exact) mass is 329 g/mol. The molecule has 24 heavy (non-hydrogen) atoms. The molecule has 2 aromatic rings. The molecule has 0 bridgehead atoms. The molecule has 0 spiro atoms. The maximum Gasteiger partial charge on any atom is 0.328 e. The number of piperidine rings is 1. The van der Waals surface area contributed by atoms with E-state index in [4.69, 9.17) is 4.74 Å². The Morgan fingerprint density at radius 3 is 2.46 bits per heavy atom. The molecule has 0 radical (unpaired) electrons. The van der Waals surface area contributed by atoms with Gasteiger partial charge in [0.05, 0.1) is 7.11 Å². The van der Waals surface area contributed by atoms with E-state index in [1.807, 2.05) is 12.1 Å². The average molecular weight is 329 g/mol. The molecule has 128 valence electrons. The van der Waals surface area contributed by atoms with Crippen LogP contribution in [0.15, 0.2) is 40.1 Å². The molecule has 2 heterocycles. The maximum atomic E-state index is 12.0. The summed E-state index contributed by atoms with van der Waals surface area (Å²) < 4.78 is 6.86. The Bertz CT molecular complexity index is 799. The Morgan fingerprint density at radius 1 is 1.17 bits per heavy atom. The Balaban J connectivity index is 1.62. The van der Waals surface area contributed by atoms with E-state index in [0.717, 1.165) is 38.2 Å². The van der Waals surface area contributed by atoms with Crippen molar-refractivity contribution in [3.05, 3.63) is 62.4 Å². The Kier molecular flexibility index (Phi) is 4.85. The van der Waals surface area contributed by atoms with E-state index in [-0.39, 0.29) is 17.3 Å². The van der Waals surface area contributed by atoms with Crippen LogP contribution < -0.4 is 16.0 Å². The number of benzene rings is 1. The second-order valence-corrected chi connectivity index (χ2v) is 6.33. The summed E-state index contributed by atoms with van der Waals surface area (Å²) in [4.78, 5) is 28.3. The second kappa shape index (κ2) is 7.05. The van der Waals surface area contributed by atoms with Gasteiger partial charge in [0, 0.05) is 37.4 Å². The highest BCUT2D eigenvalue weighted by molar-refractivity contribution is 5.27. The number of ether oxygens (including phenoxy) is 1. The van der Waals surface area contributed by atoms with Crippen molar-refractivity contribution in [1.82, 2.24) is 14.5 Å². The van der Waals surface area contributed by atoms with Crippen LogP contribution in [0.1, 0.15) is 30.0 Å². The standard InChI is InChI=1S/C18H23N3O3/c1-13-11-21(18(23)19-17(13)22)15-7-9-20(10-8-15)12-14-3-5-16(24-2)6-4-14/h3-6,11,15H,7-10,12H2,1-2H3,(H,19,22,23). The molecule has 1 aromatic heterocycles. The van der Waals surface area contributed by atoms with Crippen molar-refractivity contribution in [2.45, 2.75) is 32.4 Å². The molecule has 6 nitrogen and oxygen atoms in total. The molecular formula is C18H23N3O3. The summed E-state index contributed by atoms with van der Waals surface area (Å²) >= 11 is 0. The van der Waals surface area contributed by atoms with Crippen molar-refractivity contribution in [3.8, 4) is 5.75 Å². The van der Waals surface area contributed by atoms with Crippen molar-refractivity contribution in [3.63, 3.8) is 0 Å². The third-order valence-electron chi connectivity index (χ3n) is 4.66. The molecule has 1 aromatic carbocycles. The van der Waals surface area contributed by atoms with Gasteiger partial charge in [-0.05, 0) is 37.5 Å². The molecular weight excluding hydrogens is 306 g/mol. The number of hydrogen-bond acceptors (Lipinski definition) is 4. The van der Waals surface area contributed by atoms with Crippen molar-refractivity contribution in [2.24, 2.45) is 0 Å². The van der Waals surface area contributed by atoms with Crippen molar-refractivity contribution >= 4 is 0 Å². The molecule has 0 saturated carbocycles. The quantitative estimate of drug-likeness (QED) is 0.927. The average Bonchev–Trinajstić information content (AvgIpc) is 2.60. The van der Waals surface area contributed by atoms with E-state index in [0.29, 0.717) is 5.56 Å². The number of nitrogens with one attached hydrogen (secondary N) is 1. The van der Waals surface area contributed by atoms with Crippen molar-refractivity contribution < 1.29 is 4.74 Å². The maximum absolute atomic E-state index is 12.0. The number of H-pyrrole nitrogens is 1. The van der Waals surface area contributed by atoms with Gasteiger partial charge in [-0.25, -0.2) is 4.79 Å². The minimum Gasteiger partial charge on any atom is -0.497 e. The van der Waals surface area contributed by atoms with Crippen LogP contribution >= 0.6 is 0 Å². The smallest absolute Gasteiger partial charge is 0.328 e. The molecule has 1 aliphatic rings. The highest BCUT2D eigenvalue weighted by atomic mass is 16.5. The first kappa shape index (κ1) is 16.5. The highest BCUT2D eigenvalue weighted by Crippen LogP contribution is 2.22. The van der Waals surface area contributed by atoms with Gasteiger partial charge in [0.2, 0.25) is 0 Å². The fourth-order valence-corrected chi connectivity index (χ4v) is 3.20. The fraction of sp³-hybridized carbons (Fsp3) is 0.444. The van der Waals surface area contributed by atoms with Gasteiger partial charge >= 0.3 is 5.69 Å². The van der Waals surface area contributed by atoms with E-state index in [1.54, 1.807) is 24.8 Å². The topological polar surface area (TPSA) is 67.3 Å². The van der Waals surface area contributed by atoms with E-state index >= 15 is 0 Å². The zero-order chi connectivity index (χ0) is 17.1. The number of nitrogens with zero attached hydrogens (tertiary/aromatic N) is 2. The predicted octanol–water partition coefficient (Wildman–Crippen LogP) is 1.69. The minimum absolute atomic E-state index is 0.153. The molecule has 0 amide bonds. The summed E-state index contributed by atoms with van der Waals surface area (Å²) in [5.41, 5.74) is 1.23. The van der Waals surface area contributed by atoms with Crippen molar-refractivity contribution in [1.29, 1.82) is 0 Å². The van der Waals surface area contributed by atoms with E-state index in [9.17, 15) is 9.59 Å². The van der Waals surface area contributed by atoms with Gasteiger partial charge in [0.1, 0.15) is 5.75 Å². The lowest BCUT2D eigenvalue weighted by Gasteiger charge is -2.32. The fourth-order valence-electron chi connectivity index (χ4n) is 3.20. The normalized spacial score (nSPS) is 16.2. The van der Waals surface area contributed by atoms with Crippen LogP contribution in [0.3, 0.4) is 0 Å². The minimum atomic E-state index is -0.306. The lowest BCUT2D eigenvalue weighted by molar-refractivity contribution is 0.177. The van der Waals surface area contributed by atoms with Gasteiger partial charge in [-0.15, -0.1) is 0 Å². The second-order valence-electron chi connectivity index (χ2n) is 6.33. The first-order chi connectivity index (χ1) is 11.6. The summed E-state index contributed by atoms with van der Waals surface area (Å²) in [5.74, 6) is 0.866. The molecule has 1 fully saturated rings. The number of aryl methyl sites for hydroxylation is 1. The zero-order valence-corrected chi connectivity index (χ0v) is 14.1. The van der Waals surface area contributed by atoms with E-state index in [1.165, 1.54) is 5.56 Å². The first-order valence-corrected chi connectivity index (χ1v) is 8.24. The molecule has 0 unspecified atom stereocenters. The van der Waals surface area contributed by atoms with Crippen LogP contribution in [-0.2, 0) is 6.54 Å². The van der Waals surface area contributed by atoms with Crippen LogP contribution in [0, 0.1) is 6.92 Å². The van der Waals surface area contributed by atoms with Gasteiger partial charge in [0.25, 0.3) is 5.56 Å². The van der Waals surface area contributed by atoms with Gasteiger partial charge in [-0.2, -0.15) is 0 Å². The number of methoxy groups -OCH3 is 1. The lowest BCUT2D eigenvalue weighted by atomic mass is 10.0. The van der Waals surface area contributed by atoms with Gasteiger partial charge < -0.3 is 4.74 Å². The number of rotatable bonds is 4. The van der Waals surface area contributed by atoms with Gasteiger partial charge in [0.15, 0.2) is 0 Å². The SMILES string of the molecule is COc1ccc(CN2CCC(n3cc(C)c(=O)[nH]c3=O)CC2)cc1. The zero-order valence-electron chi connectivity index (χ0n) is 14.1. The Hall–Kier alpha value is -2.34. The number of aromatic amines is 1. The third kappa shape index (κ3) is 3.59. The predicted molar refractivity (Wildman–Crippen MR) is 92.6 cm³/mol. The number of hydrogen-bond donors (Lipinski definition) is 1. The molecule has 1 N–H and O–H groups in total. The summed E-state index contributed by atoms with van der Waals surface area (Å²) in [7, 11) is 1.67. The number of aromatic nitrogens is 2. The summed E-state index contributed by atoms with van der Waals surface area (Å²) in [5, 5.41) is 0. The van der Waals surface area contributed by atoms with Crippen molar-refractivity contribution in [2.75, 3.05) is 20.2 Å². The van der Waals surface area contributed by atoms with Crippen LogP contribution in [0.4, 0.5) is 0 Å². The molecule has 6 heteroatoms. The molecule has 1 saturated heterocycles. The third-order valence-corrected chi connectivity index (χ3v) is 4.66. The summed E-state index contributed by atoms with van der Waals surface area (Å²) in [6.45, 7) is 4.49. The first-order valence-electron chi connectivity index (χ1n) is 8.24. The highest BCUT2D eigenvalue weighted by Gasteiger charge is 2.21. The summed E-state index contributed by atoms with van der Waals surface area (Å²) in [6, 6.07) is 8.27. The lowest BCUT2D eigenvalue weighted by Crippen LogP contribution is -2.39. The summed E-state index contributed by atoms with van der Waals surface area (Å²) in [6.07, 6.45) is 3.49. The Labute approximate surface area is 140 Å². The van der Waals surface area contributed by atoms with E-state index in [2.05, 4.69) is 22.0 Å². The van der Waals surface area contributed by atoms with Crippen LogP contribution in [-0.4, -0.2) is 34.7 Å². The van der Waals surface area contributed by atoms with E-state index < -0.39 is 0 Å². The molecule has 0 atom stereocenters. The number of likely N-dealkylation sites (tertiary alicyclic amines) is 1. The molecule has 3 rings (SSSR count). The molecule has 0 aliphatic carbocycles. The molecule has 1 aliphatic heterocycles. The van der Waals surface area contributed by atoms with Gasteiger partial charge in [-0.1, -0.05) is 12.1 Å². The van der Waals surface area contributed by atoms with Gasteiger partial charge in [-0.3, -0.25) is 19.2 Å².